The Morgan fingerprint density at radius 1 is 0.920 bits per heavy atom. The molecule has 0 saturated carbocycles. The van der Waals surface area contributed by atoms with Crippen molar-refractivity contribution in [2.24, 2.45) is 0 Å². The van der Waals surface area contributed by atoms with Gasteiger partial charge in [0, 0.05) is 5.56 Å². The van der Waals surface area contributed by atoms with Gasteiger partial charge in [0.15, 0.2) is 0 Å². The van der Waals surface area contributed by atoms with Crippen molar-refractivity contribution in [2.45, 2.75) is 59.2 Å². The number of benzene rings is 2. The van der Waals surface area contributed by atoms with Crippen LogP contribution in [0.25, 0.3) is 0 Å². The Balaban J connectivity index is 2.27. The molecular weight excluding hydrogens is 312 g/mol. The predicted octanol–water partition coefficient (Wildman–Crippen LogP) is 5.52. The Morgan fingerprint density at radius 3 is 2.12 bits per heavy atom. The van der Waals surface area contributed by atoms with Crippen molar-refractivity contribution in [3.05, 3.63) is 65.2 Å². The molecule has 2 aromatic carbocycles. The minimum absolute atomic E-state index is 0.149. The molecule has 0 aliphatic carbocycles. The Labute approximate surface area is 151 Å². The summed E-state index contributed by atoms with van der Waals surface area (Å²) in [5.41, 5.74) is 1.99. The first-order valence-corrected chi connectivity index (χ1v) is 8.61. The molecule has 0 spiro atoms. The van der Waals surface area contributed by atoms with Gasteiger partial charge in [0.25, 0.3) is 0 Å². The van der Waals surface area contributed by atoms with Crippen LogP contribution in [0.1, 0.15) is 63.0 Å². The highest BCUT2D eigenvalue weighted by Crippen LogP contribution is 2.33. The fourth-order valence-electron chi connectivity index (χ4n) is 2.44. The number of hydrogen-bond donors (Lipinski definition) is 0. The van der Waals surface area contributed by atoms with Gasteiger partial charge in [-0.25, -0.2) is 4.79 Å². The van der Waals surface area contributed by atoms with Crippen LogP contribution in [0, 0.1) is 0 Å². The van der Waals surface area contributed by atoms with Gasteiger partial charge < -0.3 is 9.47 Å². The average molecular weight is 340 g/mol. The van der Waals surface area contributed by atoms with E-state index in [1.807, 2.05) is 63.2 Å². The number of carbonyl (C=O) groups excluding carboxylic acids is 1. The van der Waals surface area contributed by atoms with Crippen LogP contribution < -0.4 is 4.74 Å². The third-order valence-corrected chi connectivity index (χ3v) is 3.66. The van der Waals surface area contributed by atoms with Gasteiger partial charge >= 0.3 is 5.97 Å². The first-order chi connectivity index (χ1) is 11.6. The van der Waals surface area contributed by atoms with Crippen molar-refractivity contribution in [1.82, 2.24) is 0 Å². The number of rotatable bonds is 4. The third-order valence-electron chi connectivity index (χ3n) is 3.66. The first-order valence-electron chi connectivity index (χ1n) is 8.61. The van der Waals surface area contributed by atoms with E-state index in [1.54, 1.807) is 6.07 Å². The van der Waals surface area contributed by atoms with Crippen LogP contribution in [-0.2, 0) is 16.8 Å². The monoisotopic (exact) mass is 340 g/mol. The third kappa shape index (κ3) is 5.63. The number of ether oxygens (including phenoxy) is 2. The molecule has 0 radical (unpaired) electrons. The number of carbonyl (C=O) groups is 1. The molecule has 3 nitrogen and oxygen atoms in total. The van der Waals surface area contributed by atoms with Crippen molar-refractivity contribution >= 4 is 5.97 Å². The van der Waals surface area contributed by atoms with E-state index in [1.165, 1.54) is 0 Å². The summed E-state index contributed by atoms with van der Waals surface area (Å²) in [7, 11) is 0. The van der Waals surface area contributed by atoms with Crippen LogP contribution in [0.2, 0.25) is 0 Å². The van der Waals surface area contributed by atoms with E-state index in [-0.39, 0.29) is 11.4 Å². The Bertz CT molecular complexity index is 719. The molecule has 0 amide bonds. The topological polar surface area (TPSA) is 35.5 Å². The molecular formula is C22H28O3. The summed E-state index contributed by atoms with van der Waals surface area (Å²) in [5, 5.41) is 0. The lowest BCUT2D eigenvalue weighted by Gasteiger charge is -2.24. The van der Waals surface area contributed by atoms with Crippen LogP contribution in [0.5, 0.6) is 5.75 Å². The molecule has 25 heavy (non-hydrogen) atoms. The van der Waals surface area contributed by atoms with Crippen LogP contribution in [0.4, 0.5) is 0 Å². The van der Waals surface area contributed by atoms with Gasteiger partial charge in [-0.3, -0.25) is 0 Å². The maximum absolute atomic E-state index is 12.4. The zero-order valence-corrected chi connectivity index (χ0v) is 16.1. The van der Waals surface area contributed by atoms with Crippen molar-refractivity contribution in [3.8, 4) is 5.75 Å². The van der Waals surface area contributed by atoms with E-state index in [0.29, 0.717) is 12.2 Å². The molecule has 0 bridgehead atoms. The Kier molecular flexibility index (Phi) is 5.56. The van der Waals surface area contributed by atoms with Crippen LogP contribution in [0.3, 0.4) is 0 Å². The highest BCUT2D eigenvalue weighted by Gasteiger charge is 2.23. The van der Waals surface area contributed by atoms with Crippen LogP contribution >= 0.6 is 0 Å². The van der Waals surface area contributed by atoms with Gasteiger partial charge in [0.1, 0.15) is 18.0 Å². The molecule has 2 aromatic rings. The maximum atomic E-state index is 12.4. The molecule has 0 fully saturated rings. The Morgan fingerprint density at radius 2 is 1.56 bits per heavy atom. The van der Waals surface area contributed by atoms with Crippen LogP contribution in [0.15, 0.2) is 48.5 Å². The molecule has 134 valence electrons. The largest absolute Gasteiger partial charge is 0.489 e. The summed E-state index contributed by atoms with van der Waals surface area (Å²) < 4.78 is 11.5. The second-order valence-electron chi connectivity index (χ2n) is 8.24. The highest BCUT2D eigenvalue weighted by molar-refractivity contribution is 5.90. The highest BCUT2D eigenvalue weighted by atomic mass is 16.6. The van der Waals surface area contributed by atoms with E-state index in [9.17, 15) is 4.79 Å². The quantitative estimate of drug-likeness (QED) is 0.688. The minimum Gasteiger partial charge on any atom is -0.489 e. The minimum atomic E-state index is -0.512. The van der Waals surface area contributed by atoms with Crippen molar-refractivity contribution in [1.29, 1.82) is 0 Å². The van der Waals surface area contributed by atoms with Crippen molar-refractivity contribution < 1.29 is 14.3 Å². The van der Waals surface area contributed by atoms with Gasteiger partial charge in [-0.15, -0.1) is 0 Å². The molecule has 0 N–H and O–H groups in total. The molecule has 0 heterocycles. The molecule has 2 rings (SSSR count). The average Bonchev–Trinajstić information content (AvgIpc) is 2.51. The number of esters is 1. The standard InChI is InChI=1S/C22H28O3/c1-21(2,3)18-14-17(20(23)25-22(4,5)6)12-13-19(18)24-15-16-10-8-7-9-11-16/h7-14H,15H2,1-6H3. The van der Waals surface area contributed by atoms with Crippen molar-refractivity contribution in [2.75, 3.05) is 0 Å². The van der Waals surface area contributed by atoms with Gasteiger partial charge in [0.2, 0.25) is 0 Å². The fraction of sp³-hybridized carbons (Fsp3) is 0.409. The lowest BCUT2D eigenvalue weighted by Crippen LogP contribution is -2.24. The lowest BCUT2D eigenvalue weighted by atomic mass is 9.85. The van der Waals surface area contributed by atoms with E-state index in [2.05, 4.69) is 20.8 Å². The predicted molar refractivity (Wildman–Crippen MR) is 101 cm³/mol. The van der Waals surface area contributed by atoms with Gasteiger partial charge in [-0.05, 0) is 49.9 Å². The van der Waals surface area contributed by atoms with E-state index in [4.69, 9.17) is 9.47 Å². The molecule has 0 atom stereocenters. The lowest BCUT2D eigenvalue weighted by molar-refractivity contribution is 0.00693. The molecule has 0 aromatic heterocycles. The maximum Gasteiger partial charge on any atom is 0.338 e. The zero-order chi connectivity index (χ0) is 18.7. The summed E-state index contributed by atoms with van der Waals surface area (Å²) in [6, 6.07) is 15.6. The summed E-state index contributed by atoms with van der Waals surface area (Å²) in [6.07, 6.45) is 0. The second kappa shape index (κ2) is 7.30. The van der Waals surface area contributed by atoms with Crippen molar-refractivity contribution in [3.63, 3.8) is 0 Å². The Hall–Kier alpha value is -2.29. The molecule has 0 aliphatic heterocycles. The smallest absolute Gasteiger partial charge is 0.338 e. The second-order valence-corrected chi connectivity index (χ2v) is 8.24. The normalized spacial score (nSPS) is 11.9. The molecule has 0 saturated heterocycles. The zero-order valence-electron chi connectivity index (χ0n) is 16.1. The van der Waals surface area contributed by atoms with Gasteiger partial charge in [-0.1, -0.05) is 51.1 Å². The summed E-state index contributed by atoms with van der Waals surface area (Å²) >= 11 is 0. The molecule has 3 heteroatoms. The van der Waals surface area contributed by atoms with E-state index in [0.717, 1.165) is 16.9 Å². The summed E-state index contributed by atoms with van der Waals surface area (Å²) in [4.78, 5) is 12.4. The van der Waals surface area contributed by atoms with E-state index < -0.39 is 5.60 Å². The SMILES string of the molecule is CC(C)(C)OC(=O)c1ccc(OCc2ccccc2)c(C(C)(C)C)c1. The van der Waals surface area contributed by atoms with Gasteiger partial charge in [0.05, 0.1) is 5.56 Å². The fourth-order valence-corrected chi connectivity index (χ4v) is 2.44. The molecule has 0 aliphatic rings. The summed E-state index contributed by atoms with van der Waals surface area (Å²) in [6.45, 7) is 12.4. The van der Waals surface area contributed by atoms with Crippen LogP contribution in [-0.4, -0.2) is 11.6 Å². The first kappa shape index (κ1) is 19.0. The molecule has 0 unspecified atom stereocenters. The van der Waals surface area contributed by atoms with Gasteiger partial charge in [-0.2, -0.15) is 0 Å². The van der Waals surface area contributed by atoms with E-state index >= 15 is 0 Å². The summed E-state index contributed by atoms with van der Waals surface area (Å²) in [5.74, 6) is 0.483. The number of hydrogen-bond acceptors (Lipinski definition) is 3.